The van der Waals surface area contributed by atoms with Gasteiger partial charge < -0.3 is 10.1 Å². The number of nitrogens with zero attached hydrogens (tertiary/aromatic N) is 2. The zero-order valence-corrected chi connectivity index (χ0v) is 14.1. The van der Waals surface area contributed by atoms with Crippen LogP contribution in [0.5, 0.6) is 0 Å². The van der Waals surface area contributed by atoms with Crippen LogP contribution in [0.15, 0.2) is 42.5 Å². The van der Waals surface area contributed by atoms with Crippen LogP contribution in [0.4, 0.5) is 4.39 Å². The second-order valence-corrected chi connectivity index (χ2v) is 6.09. The molecule has 5 nitrogen and oxygen atoms in total. The first-order chi connectivity index (χ1) is 11.5. The Morgan fingerprint density at radius 2 is 2.00 bits per heavy atom. The van der Waals surface area contributed by atoms with Crippen LogP contribution < -0.4 is 5.32 Å². The maximum absolute atomic E-state index is 14.1. The van der Waals surface area contributed by atoms with Crippen LogP contribution >= 0.6 is 11.7 Å². The molecule has 3 rings (SSSR count). The van der Waals surface area contributed by atoms with Crippen LogP contribution in [0.1, 0.15) is 22.8 Å². The molecule has 124 valence electrons. The van der Waals surface area contributed by atoms with Gasteiger partial charge in [-0.3, -0.25) is 4.79 Å². The molecule has 0 fully saturated rings. The van der Waals surface area contributed by atoms with Crippen LogP contribution in [0.2, 0.25) is 0 Å². The van der Waals surface area contributed by atoms with Gasteiger partial charge in [-0.25, -0.2) is 4.39 Å². The van der Waals surface area contributed by atoms with E-state index >= 15 is 0 Å². The van der Waals surface area contributed by atoms with E-state index in [0.29, 0.717) is 16.6 Å². The minimum Gasteiger partial charge on any atom is -0.372 e. The van der Waals surface area contributed by atoms with E-state index in [1.807, 2.05) is 0 Å². The smallest absolute Gasteiger partial charge is 0.251 e. The molecule has 0 aliphatic heterocycles. The summed E-state index contributed by atoms with van der Waals surface area (Å²) in [5.41, 5.74) is 1.34. The minimum atomic E-state index is -0.965. The number of benzene rings is 2. The first-order valence-corrected chi connectivity index (χ1v) is 8.07. The van der Waals surface area contributed by atoms with Gasteiger partial charge in [0.05, 0.1) is 18.3 Å². The molecule has 3 aromatic rings. The third kappa shape index (κ3) is 3.13. The highest BCUT2D eigenvalue weighted by Crippen LogP contribution is 2.26. The van der Waals surface area contributed by atoms with Crippen molar-refractivity contribution in [2.24, 2.45) is 0 Å². The summed E-state index contributed by atoms with van der Waals surface area (Å²) >= 11 is 1.10. The van der Waals surface area contributed by atoms with Crippen LogP contribution in [0.3, 0.4) is 0 Å². The van der Waals surface area contributed by atoms with Gasteiger partial charge in [-0.2, -0.15) is 8.75 Å². The second-order valence-electron chi connectivity index (χ2n) is 5.57. The lowest BCUT2D eigenvalue weighted by atomic mass is 9.95. The number of carbonyl (C=O) groups is 1. The van der Waals surface area contributed by atoms with Crippen LogP contribution in [-0.4, -0.2) is 28.3 Å². The van der Waals surface area contributed by atoms with Gasteiger partial charge in [-0.15, -0.1) is 0 Å². The number of aromatic nitrogens is 2. The molecule has 0 bridgehead atoms. The van der Waals surface area contributed by atoms with Gasteiger partial charge in [0.25, 0.3) is 5.91 Å². The summed E-state index contributed by atoms with van der Waals surface area (Å²) in [6.45, 7) is 1.87. The van der Waals surface area contributed by atoms with E-state index in [4.69, 9.17) is 4.74 Å². The largest absolute Gasteiger partial charge is 0.372 e. The van der Waals surface area contributed by atoms with Crippen molar-refractivity contribution in [3.8, 4) is 0 Å². The van der Waals surface area contributed by atoms with E-state index < -0.39 is 5.60 Å². The van der Waals surface area contributed by atoms with Crippen molar-refractivity contribution < 1.29 is 13.9 Å². The van der Waals surface area contributed by atoms with Crippen molar-refractivity contribution in [1.29, 1.82) is 0 Å². The average Bonchev–Trinajstić information content (AvgIpc) is 3.07. The first kappa shape index (κ1) is 16.5. The highest BCUT2D eigenvalue weighted by molar-refractivity contribution is 7.00. The van der Waals surface area contributed by atoms with Gasteiger partial charge in [0.15, 0.2) is 0 Å². The molecule has 0 unspecified atom stereocenters. The Labute approximate surface area is 142 Å². The zero-order valence-electron chi connectivity index (χ0n) is 13.2. The quantitative estimate of drug-likeness (QED) is 0.772. The number of hydrogen-bond acceptors (Lipinski definition) is 5. The van der Waals surface area contributed by atoms with Crippen molar-refractivity contribution in [2.75, 3.05) is 13.7 Å². The van der Waals surface area contributed by atoms with E-state index in [1.54, 1.807) is 43.3 Å². The zero-order chi connectivity index (χ0) is 17.2. The Morgan fingerprint density at radius 3 is 2.75 bits per heavy atom. The summed E-state index contributed by atoms with van der Waals surface area (Å²) < 4.78 is 27.8. The lowest BCUT2D eigenvalue weighted by Crippen LogP contribution is -2.40. The van der Waals surface area contributed by atoms with E-state index in [-0.39, 0.29) is 18.3 Å². The normalized spacial score (nSPS) is 13.6. The van der Waals surface area contributed by atoms with Gasteiger partial charge in [-0.1, -0.05) is 18.2 Å². The maximum Gasteiger partial charge on any atom is 0.251 e. The summed E-state index contributed by atoms with van der Waals surface area (Å²) in [6.07, 6.45) is 0. The van der Waals surface area contributed by atoms with E-state index in [1.165, 1.54) is 13.2 Å². The van der Waals surface area contributed by atoms with Crippen molar-refractivity contribution >= 4 is 28.7 Å². The predicted molar refractivity (Wildman–Crippen MR) is 90.5 cm³/mol. The highest BCUT2D eigenvalue weighted by Gasteiger charge is 2.29. The number of ether oxygens (including phenoxy) is 1. The summed E-state index contributed by atoms with van der Waals surface area (Å²) in [4.78, 5) is 12.4. The molecule has 0 saturated heterocycles. The molecule has 0 spiro atoms. The van der Waals surface area contributed by atoms with Crippen LogP contribution in [0.25, 0.3) is 11.0 Å². The molecule has 7 heteroatoms. The third-order valence-corrected chi connectivity index (χ3v) is 4.55. The molecule has 24 heavy (non-hydrogen) atoms. The van der Waals surface area contributed by atoms with Crippen molar-refractivity contribution in [1.82, 2.24) is 14.1 Å². The average molecular weight is 345 g/mol. The third-order valence-electron chi connectivity index (χ3n) is 4.00. The molecular weight excluding hydrogens is 329 g/mol. The van der Waals surface area contributed by atoms with Gasteiger partial charge in [0, 0.05) is 18.2 Å². The molecule has 0 aliphatic rings. The Balaban J connectivity index is 1.77. The van der Waals surface area contributed by atoms with E-state index in [9.17, 15) is 9.18 Å². The lowest BCUT2D eigenvalue weighted by molar-refractivity contribution is 0.000390. The van der Waals surface area contributed by atoms with Crippen LogP contribution in [0, 0.1) is 5.82 Å². The number of methoxy groups -OCH3 is 1. The van der Waals surface area contributed by atoms with E-state index in [0.717, 1.165) is 17.2 Å². The van der Waals surface area contributed by atoms with Gasteiger partial charge in [-0.05, 0) is 31.2 Å². The predicted octanol–water partition coefficient (Wildman–Crippen LogP) is 3.12. The number of amides is 1. The van der Waals surface area contributed by atoms with Crippen molar-refractivity contribution in [3.63, 3.8) is 0 Å². The standard InChI is InChI=1S/C17H16FN3O2S/c1-17(23-2,12-5-3-4-6-13(12)18)10-19-16(22)11-7-8-14-15(9-11)21-24-20-14/h3-9H,10H2,1-2H3,(H,19,22)/t17-/m1/s1. The second kappa shape index (κ2) is 6.62. The fourth-order valence-corrected chi connectivity index (χ4v) is 2.96. The molecule has 2 aromatic carbocycles. The number of hydrogen-bond donors (Lipinski definition) is 1. The Morgan fingerprint density at radius 1 is 1.25 bits per heavy atom. The fourth-order valence-electron chi connectivity index (χ4n) is 2.44. The van der Waals surface area contributed by atoms with Gasteiger partial charge in [0.2, 0.25) is 0 Å². The number of halogens is 1. The monoisotopic (exact) mass is 345 g/mol. The van der Waals surface area contributed by atoms with Crippen molar-refractivity contribution in [2.45, 2.75) is 12.5 Å². The molecule has 1 atom stereocenters. The van der Waals surface area contributed by atoms with Crippen molar-refractivity contribution in [3.05, 3.63) is 59.4 Å². The molecule has 0 saturated carbocycles. The summed E-state index contributed by atoms with van der Waals surface area (Å²) in [6, 6.07) is 11.5. The van der Waals surface area contributed by atoms with Crippen LogP contribution in [-0.2, 0) is 10.3 Å². The Hall–Kier alpha value is -2.38. The fraction of sp³-hybridized carbons (Fsp3) is 0.235. The molecule has 1 N–H and O–H groups in total. The SMILES string of the molecule is CO[C@](C)(CNC(=O)c1ccc2nsnc2c1)c1ccccc1F. The molecule has 0 radical (unpaired) electrons. The Bertz CT molecular complexity index is 883. The lowest BCUT2D eigenvalue weighted by Gasteiger charge is -2.29. The topological polar surface area (TPSA) is 64.1 Å². The molecule has 1 heterocycles. The van der Waals surface area contributed by atoms with Gasteiger partial charge in [0.1, 0.15) is 22.5 Å². The summed E-state index contributed by atoms with van der Waals surface area (Å²) in [7, 11) is 1.49. The highest BCUT2D eigenvalue weighted by atomic mass is 32.1. The Kier molecular flexibility index (Phi) is 4.55. The van der Waals surface area contributed by atoms with E-state index in [2.05, 4.69) is 14.1 Å². The number of rotatable bonds is 5. The molecular formula is C17H16FN3O2S. The molecule has 1 amide bonds. The van der Waals surface area contributed by atoms with Gasteiger partial charge >= 0.3 is 0 Å². The molecule has 1 aromatic heterocycles. The molecule has 0 aliphatic carbocycles. The number of carbonyl (C=O) groups excluding carboxylic acids is 1. The number of fused-ring (bicyclic) bond motifs is 1. The first-order valence-electron chi connectivity index (χ1n) is 7.34. The summed E-state index contributed by atoms with van der Waals surface area (Å²) in [5.74, 6) is -0.643. The summed E-state index contributed by atoms with van der Waals surface area (Å²) in [5, 5.41) is 2.80. The maximum atomic E-state index is 14.1. The minimum absolute atomic E-state index is 0.136. The number of nitrogens with one attached hydrogen (secondary N) is 1.